The van der Waals surface area contributed by atoms with Gasteiger partial charge >= 0.3 is 0 Å². The summed E-state index contributed by atoms with van der Waals surface area (Å²) in [6, 6.07) is 12.9. The average Bonchev–Trinajstić information content (AvgIpc) is 3.26. The molecule has 3 rings (SSSR count). The summed E-state index contributed by atoms with van der Waals surface area (Å²) in [6.45, 7) is 9.47. The fourth-order valence-electron chi connectivity index (χ4n) is 2.71. The first-order chi connectivity index (χ1) is 11.6. The number of hydrogen-bond donors (Lipinski definition) is 1. The molecule has 2 aromatic heterocycles. The van der Waals surface area contributed by atoms with Gasteiger partial charge in [-0.3, -0.25) is 5.10 Å². The smallest absolute Gasteiger partial charge is 0.128 e. The highest BCUT2D eigenvalue weighted by atomic mass is 32.1. The van der Waals surface area contributed by atoms with Crippen LogP contribution in [0.1, 0.15) is 28.0 Å². The van der Waals surface area contributed by atoms with Crippen molar-refractivity contribution in [3.05, 3.63) is 81.8 Å². The molecule has 124 valence electrons. The number of aromatic amines is 1. The maximum Gasteiger partial charge on any atom is 0.128 e. The molecule has 0 aliphatic rings. The van der Waals surface area contributed by atoms with Crippen LogP contribution in [0.3, 0.4) is 0 Å². The molecule has 0 amide bonds. The normalized spacial score (nSPS) is 10.8. The zero-order chi connectivity index (χ0) is 16.9. The van der Waals surface area contributed by atoms with Crippen molar-refractivity contribution in [3.8, 4) is 0 Å². The molecule has 3 nitrogen and oxygen atoms in total. The van der Waals surface area contributed by atoms with Crippen molar-refractivity contribution in [1.29, 1.82) is 0 Å². The lowest BCUT2D eigenvalue weighted by atomic mass is 10.0. The first-order valence-corrected chi connectivity index (χ1v) is 9.04. The first-order valence-electron chi connectivity index (χ1n) is 8.16. The second kappa shape index (κ2) is 7.49. The molecule has 1 aromatic carbocycles. The summed E-state index contributed by atoms with van der Waals surface area (Å²) < 4.78 is 0. The summed E-state index contributed by atoms with van der Waals surface area (Å²) in [6.07, 6.45) is 3.70. The molecule has 0 radical (unpaired) electrons. The third-order valence-electron chi connectivity index (χ3n) is 4.33. The molecular weight excluding hydrogens is 314 g/mol. The number of aryl methyl sites for hydroxylation is 3. The van der Waals surface area contributed by atoms with Crippen LogP contribution in [0.4, 0.5) is 5.82 Å². The molecule has 2 heterocycles. The van der Waals surface area contributed by atoms with Crippen LogP contribution < -0.4 is 4.90 Å². The standard InChI is InChI=1S/C20H23N3S/c1-15-6-8-18(13-16(15)2)9-7-17(3)23(20-10-11-21-22-20)14-19-5-4-12-24-19/h4-6,8,10-13H,3,7,9,14H2,1-2H3,(H,21,22). The van der Waals surface area contributed by atoms with E-state index in [1.54, 1.807) is 17.5 Å². The lowest BCUT2D eigenvalue weighted by Gasteiger charge is -2.24. The van der Waals surface area contributed by atoms with Crippen LogP contribution in [0.2, 0.25) is 0 Å². The molecule has 0 aliphatic carbocycles. The van der Waals surface area contributed by atoms with Gasteiger partial charge in [-0.05, 0) is 54.8 Å². The summed E-state index contributed by atoms with van der Waals surface area (Å²) in [5.41, 5.74) is 5.15. The van der Waals surface area contributed by atoms with E-state index in [4.69, 9.17) is 0 Å². The second-order valence-corrected chi connectivity index (χ2v) is 7.12. The Morgan fingerprint density at radius 3 is 2.75 bits per heavy atom. The van der Waals surface area contributed by atoms with Gasteiger partial charge < -0.3 is 4.90 Å². The number of H-pyrrole nitrogens is 1. The van der Waals surface area contributed by atoms with Gasteiger partial charge in [-0.1, -0.05) is 30.8 Å². The number of thiophene rings is 1. The number of aromatic nitrogens is 2. The Morgan fingerprint density at radius 2 is 2.08 bits per heavy atom. The van der Waals surface area contributed by atoms with E-state index in [2.05, 4.69) is 71.2 Å². The molecule has 0 fully saturated rings. The minimum absolute atomic E-state index is 0.825. The van der Waals surface area contributed by atoms with Gasteiger partial charge in [-0.2, -0.15) is 5.10 Å². The Morgan fingerprint density at radius 1 is 1.21 bits per heavy atom. The molecule has 0 aliphatic heterocycles. The quantitative estimate of drug-likeness (QED) is 0.639. The summed E-state index contributed by atoms with van der Waals surface area (Å²) in [7, 11) is 0. The molecule has 0 unspecified atom stereocenters. The third kappa shape index (κ3) is 3.95. The highest BCUT2D eigenvalue weighted by molar-refractivity contribution is 7.09. The highest BCUT2D eigenvalue weighted by Gasteiger charge is 2.13. The van der Waals surface area contributed by atoms with Crippen LogP contribution in [0.5, 0.6) is 0 Å². The monoisotopic (exact) mass is 337 g/mol. The Hall–Kier alpha value is -2.33. The van der Waals surface area contributed by atoms with Crippen LogP contribution in [-0.4, -0.2) is 10.2 Å². The number of hydrogen-bond acceptors (Lipinski definition) is 3. The fourth-order valence-corrected chi connectivity index (χ4v) is 3.40. The van der Waals surface area contributed by atoms with Gasteiger partial charge in [0, 0.05) is 16.6 Å². The largest absolute Gasteiger partial charge is 0.326 e. The Balaban J connectivity index is 1.70. The van der Waals surface area contributed by atoms with Gasteiger partial charge in [-0.15, -0.1) is 11.3 Å². The van der Waals surface area contributed by atoms with Crippen molar-refractivity contribution < 1.29 is 0 Å². The molecule has 0 spiro atoms. The molecule has 0 saturated carbocycles. The van der Waals surface area contributed by atoms with Crippen molar-refractivity contribution in [1.82, 2.24) is 10.2 Å². The van der Waals surface area contributed by atoms with Crippen molar-refractivity contribution >= 4 is 17.2 Å². The number of allylic oxidation sites excluding steroid dienone is 1. The van der Waals surface area contributed by atoms with Crippen molar-refractivity contribution in [2.45, 2.75) is 33.2 Å². The molecule has 0 atom stereocenters. The van der Waals surface area contributed by atoms with E-state index in [1.165, 1.54) is 21.6 Å². The van der Waals surface area contributed by atoms with Crippen molar-refractivity contribution in [2.24, 2.45) is 0 Å². The van der Waals surface area contributed by atoms with E-state index in [1.807, 2.05) is 6.07 Å². The number of anilines is 1. The summed E-state index contributed by atoms with van der Waals surface area (Å²) in [5, 5.41) is 9.26. The van der Waals surface area contributed by atoms with E-state index in [0.29, 0.717) is 0 Å². The van der Waals surface area contributed by atoms with Crippen LogP contribution in [-0.2, 0) is 13.0 Å². The minimum Gasteiger partial charge on any atom is -0.326 e. The second-order valence-electron chi connectivity index (χ2n) is 6.09. The highest BCUT2D eigenvalue weighted by Crippen LogP contribution is 2.24. The average molecular weight is 337 g/mol. The predicted molar refractivity (Wildman–Crippen MR) is 102 cm³/mol. The van der Waals surface area contributed by atoms with Crippen molar-refractivity contribution in [2.75, 3.05) is 4.90 Å². The lowest BCUT2D eigenvalue weighted by Crippen LogP contribution is -2.21. The van der Waals surface area contributed by atoms with Crippen LogP contribution >= 0.6 is 11.3 Å². The fraction of sp³-hybridized carbons (Fsp3) is 0.250. The Bertz CT molecular complexity index is 788. The van der Waals surface area contributed by atoms with E-state index in [-0.39, 0.29) is 0 Å². The zero-order valence-corrected chi connectivity index (χ0v) is 15.1. The molecule has 1 N–H and O–H groups in total. The van der Waals surface area contributed by atoms with E-state index >= 15 is 0 Å². The van der Waals surface area contributed by atoms with Gasteiger partial charge in [-0.25, -0.2) is 0 Å². The van der Waals surface area contributed by atoms with Gasteiger partial charge in [0.2, 0.25) is 0 Å². The summed E-state index contributed by atoms with van der Waals surface area (Å²) in [5.74, 6) is 0.994. The Labute approximate surface area is 147 Å². The van der Waals surface area contributed by atoms with Gasteiger partial charge in [0.25, 0.3) is 0 Å². The van der Waals surface area contributed by atoms with Crippen LogP contribution in [0, 0.1) is 13.8 Å². The maximum absolute atomic E-state index is 4.33. The Kier molecular flexibility index (Phi) is 5.16. The first kappa shape index (κ1) is 16.5. The predicted octanol–water partition coefficient (Wildman–Crippen LogP) is 5.24. The van der Waals surface area contributed by atoms with Gasteiger partial charge in [0.1, 0.15) is 5.82 Å². The van der Waals surface area contributed by atoms with E-state index in [9.17, 15) is 0 Å². The van der Waals surface area contributed by atoms with E-state index < -0.39 is 0 Å². The van der Waals surface area contributed by atoms with Crippen LogP contribution in [0.25, 0.3) is 0 Å². The van der Waals surface area contributed by atoms with E-state index in [0.717, 1.165) is 30.9 Å². The number of nitrogens with zero attached hydrogens (tertiary/aromatic N) is 2. The van der Waals surface area contributed by atoms with Gasteiger partial charge in [0.05, 0.1) is 12.7 Å². The maximum atomic E-state index is 4.33. The topological polar surface area (TPSA) is 31.9 Å². The molecule has 24 heavy (non-hydrogen) atoms. The van der Waals surface area contributed by atoms with Crippen LogP contribution in [0.15, 0.2) is 60.3 Å². The van der Waals surface area contributed by atoms with Crippen molar-refractivity contribution in [3.63, 3.8) is 0 Å². The summed E-state index contributed by atoms with van der Waals surface area (Å²) in [4.78, 5) is 3.54. The zero-order valence-electron chi connectivity index (χ0n) is 14.2. The molecule has 4 heteroatoms. The SMILES string of the molecule is C=C(CCc1ccc(C)c(C)c1)N(Cc1cccs1)c1ccn[nH]1. The lowest BCUT2D eigenvalue weighted by molar-refractivity contribution is 0.815. The molecular formula is C20H23N3S. The number of rotatable bonds is 7. The number of benzene rings is 1. The number of nitrogens with one attached hydrogen (secondary N) is 1. The molecule has 0 saturated heterocycles. The summed E-state index contributed by atoms with van der Waals surface area (Å²) >= 11 is 1.77. The third-order valence-corrected chi connectivity index (χ3v) is 5.19. The minimum atomic E-state index is 0.825. The molecule has 0 bridgehead atoms. The van der Waals surface area contributed by atoms with Gasteiger partial charge in [0.15, 0.2) is 0 Å². The molecule has 3 aromatic rings.